The summed E-state index contributed by atoms with van der Waals surface area (Å²) in [7, 11) is 0. The van der Waals surface area contributed by atoms with Crippen LogP contribution < -0.4 is 4.90 Å². The SMILES string of the molecule is CC(C)N1CCN(c2cc(C(=O)O)ccn2)CC1. The van der Waals surface area contributed by atoms with E-state index >= 15 is 0 Å². The summed E-state index contributed by atoms with van der Waals surface area (Å²) in [5, 5.41) is 8.97. The first-order valence-electron chi connectivity index (χ1n) is 6.26. The lowest BCUT2D eigenvalue weighted by molar-refractivity contribution is 0.0697. The second kappa shape index (κ2) is 5.35. The standard InChI is InChI=1S/C13H19N3O2/c1-10(2)15-5-7-16(8-6-15)12-9-11(13(17)18)3-4-14-12/h3-4,9-10H,5-8H2,1-2H3,(H,17,18). The number of aromatic nitrogens is 1. The monoisotopic (exact) mass is 249 g/mol. The number of carboxylic acids is 1. The summed E-state index contributed by atoms with van der Waals surface area (Å²) in [6, 6.07) is 3.73. The van der Waals surface area contributed by atoms with Gasteiger partial charge in [0, 0.05) is 38.4 Å². The number of hydrogen-bond donors (Lipinski definition) is 1. The van der Waals surface area contributed by atoms with Gasteiger partial charge in [0.1, 0.15) is 5.82 Å². The van der Waals surface area contributed by atoms with Gasteiger partial charge in [0.05, 0.1) is 5.56 Å². The van der Waals surface area contributed by atoms with Gasteiger partial charge in [0.2, 0.25) is 0 Å². The Balaban J connectivity index is 2.05. The third-order valence-corrected chi connectivity index (χ3v) is 3.36. The third kappa shape index (κ3) is 2.79. The number of hydrogen-bond acceptors (Lipinski definition) is 4. The molecule has 1 aromatic rings. The van der Waals surface area contributed by atoms with E-state index in [9.17, 15) is 4.79 Å². The summed E-state index contributed by atoms with van der Waals surface area (Å²) in [5.41, 5.74) is 0.297. The molecular weight excluding hydrogens is 230 g/mol. The lowest BCUT2D eigenvalue weighted by Crippen LogP contribution is -2.49. The molecule has 0 spiro atoms. The Morgan fingerprint density at radius 2 is 2.00 bits per heavy atom. The first-order valence-corrected chi connectivity index (χ1v) is 6.26. The molecule has 0 atom stereocenters. The van der Waals surface area contributed by atoms with Crippen LogP contribution in [0.1, 0.15) is 24.2 Å². The van der Waals surface area contributed by atoms with E-state index in [1.165, 1.54) is 6.07 Å². The quantitative estimate of drug-likeness (QED) is 0.875. The molecule has 98 valence electrons. The Bertz CT molecular complexity index is 426. The van der Waals surface area contributed by atoms with Crippen molar-refractivity contribution in [1.82, 2.24) is 9.88 Å². The minimum absolute atomic E-state index is 0.297. The predicted molar refractivity (Wildman–Crippen MR) is 70.1 cm³/mol. The average molecular weight is 249 g/mol. The normalized spacial score (nSPS) is 17.2. The fourth-order valence-electron chi connectivity index (χ4n) is 2.19. The summed E-state index contributed by atoms with van der Waals surface area (Å²) in [4.78, 5) is 19.7. The van der Waals surface area contributed by atoms with E-state index in [0.717, 1.165) is 32.0 Å². The molecule has 1 fully saturated rings. The van der Waals surface area contributed by atoms with Gasteiger partial charge < -0.3 is 10.0 Å². The first kappa shape index (κ1) is 12.8. The maximum atomic E-state index is 10.9. The summed E-state index contributed by atoms with van der Waals surface area (Å²) in [5.74, 6) is -0.141. The molecule has 5 nitrogen and oxygen atoms in total. The molecule has 0 aromatic carbocycles. The molecule has 2 rings (SSSR count). The van der Waals surface area contributed by atoms with Crippen LogP contribution in [0, 0.1) is 0 Å². The van der Waals surface area contributed by atoms with Gasteiger partial charge in [0.25, 0.3) is 0 Å². The van der Waals surface area contributed by atoms with E-state index in [0.29, 0.717) is 11.6 Å². The molecule has 0 radical (unpaired) electrons. The molecule has 1 aromatic heterocycles. The number of carbonyl (C=O) groups is 1. The highest BCUT2D eigenvalue weighted by molar-refractivity contribution is 5.88. The van der Waals surface area contributed by atoms with Crippen LogP contribution in [0.2, 0.25) is 0 Å². The number of carboxylic acid groups (broad SMARTS) is 1. The maximum Gasteiger partial charge on any atom is 0.335 e. The van der Waals surface area contributed by atoms with E-state index in [1.807, 2.05) is 0 Å². The molecule has 1 aliphatic rings. The Hall–Kier alpha value is -1.62. The van der Waals surface area contributed by atoms with Crippen LogP contribution in [0.3, 0.4) is 0 Å². The highest BCUT2D eigenvalue weighted by atomic mass is 16.4. The zero-order chi connectivity index (χ0) is 13.1. The smallest absolute Gasteiger partial charge is 0.335 e. The summed E-state index contributed by atoms with van der Waals surface area (Å²) >= 11 is 0. The van der Waals surface area contributed by atoms with E-state index in [4.69, 9.17) is 5.11 Å². The zero-order valence-electron chi connectivity index (χ0n) is 10.8. The second-order valence-corrected chi connectivity index (χ2v) is 4.82. The van der Waals surface area contributed by atoms with Crippen molar-refractivity contribution in [2.24, 2.45) is 0 Å². The van der Waals surface area contributed by atoms with Crippen molar-refractivity contribution in [1.29, 1.82) is 0 Å². The molecule has 5 heteroatoms. The van der Waals surface area contributed by atoms with Gasteiger partial charge in [-0.25, -0.2) is 9.78 Å². The Kier molecular flexibility index (Phi) is 3.81. The van der Waals surface area contributed by atoms with Crippen molar-refractivity contribution in [2.45, 2.75) is 19.9 Å². The molecule has 0 unspecified atom stereocenters. The number of aromatic carboxylic acids is 1. The average Bonchev–Trinajstić information content (AvgIpc) is 2.39. The van der Waals surface area contributed by atoms with Gasteiger partial charge in [-0.3, -0.25) is 4.90 Å². The summed E-state index contributed by atoms with van der Waals surface area (Å²) in [6.07, 6.45) is 1.56. The van der Waals surface area contributed by atoms with Crippen molar-refractivity contribution in [3.05, 3.63) is 23.9 Å². The highest BCUT2D eigenvalue weighted by Gasteiger charge is 2.20. The molecular formula is C13H19N3O2. The predicted octanol–water partition coefficient (Wildman–Crippen LogP) is 1.31. The Morgan fingerprint density at radius 3 is 2.56 bits per heavy atom. The Morgan fingerprint density at radius 1 is 1.33 bits per heavy atom. The van der Waals surface area contributed by atoms with E-state index in [1.54, 1.807) is 12.3 Å². The van der Waals surface area contributed by atoms with Gasteiger partial charge in [-0.15, -0.1) is 0 Å². The number of rotatable bonds is 3. The lowest BCUT2D eigenvalue weighted by atomic mass is 10.2. The Labute approximate surface area is 107 Å². The van der Waals surface area contributed by atoms with Crippen LogP contribution in [-0.2, 0) is 0 Å². The van der Waals surface area contributed by atoms with Crippen molar-refractivity contribution >= 4 is 11.8 Å². The van der Waals surface area contributed by atoms with E-state index in [-0.39, 0.29) is 0 Å². The van der Waals surface area contributed by atoms with Crippen LogP contribution in [0.15, 0.2) is 18.3 Å². The fraction of sp³-hybridized carbons (Fsp3) is 0.538. The van der Waals surface area contributed by atoms with Crippen molar-refractivity contribution in [3.63, 3.8) is 0 Å². The van der Waals surface area contributed by atoms with Gasteiger partial charge in [0.15, 0.2) is 0 Å². The number of anilines is 1. The van der Waals surface area contributed by atoms with Gasteiger partial charge in [-0.05, 0) is 26.0 Å². The van der Waals surface area contributed by atoms with Crippen molar-refractivity contribution < 1.29 is 9.90 Å². The van der Waals surface area contributed by atoms with Crippen LogP contribution in [0.4, 0.5) is 5.82 Å². The van der Waals surface area contributed by atoms with Crippen LogP contribution in [0.5, 0.6) is 0 Å². The molecule has 1 saturated heterocycles. The summed E-state index contributed by atoms with van der Waals surface area (Å²) in [6.45, 7) is 8.17. The fourth-order valence-corrected chi connectivity index (χ4v) is 2.19. The van der Waals surface area contributed by atoms with Crippen LogP contribution >= 0.6 is 0 Å². The molecule has 0 saturated carbocycles. The molecule has 1 aliphatic heterocycles. The minimum Gasteiger partial charge on any atom is -0.478 e. The molecule has 1 N–H and O–H groups in total. The van der Waals surface area contributed by atoms with Gasteiger partial charge in [-0.2, -0.15) is 0 Å². The van der Waals surface area contributed by atoms with Crippen molar-refractivity contribution in [2.75, 3.05) is 31.1 Å². The van der Waals surface area contributed by atoms with Crippen LogP contribution in [-0.4, -0.2) is 53.2 Å². The minimum atomic E-state index is -0.903. The number of piperazine rings is 1. The summed E-state index contributed by atoms with van der Waals surface area (Å²) < 4.78 is 0. The van der Waals surface area contributed by atoms with Crippen molar-refractivity contribution in [3.8, 4) is 0 Å². The van der Waals surface area contributed by atoms with Gasteiger partial charge in [-0.1, -0.05) is 0 Å². The molecule has 0 aliphatic carbocycles. The molecule has 18 heavy (non-hydrogen) atoms. The largest absolute Gasteiger partial charge is 0.478 e. The molecule has 0 amide bonds. The topological polar surface area (TPSA) is 56.7 Å². The highest BCUT2D eigenvalue weighted by Crippen LogP contribution is 2.16. The maximum absolute atomic E-state index is 10.9. The zero-order valence-corrected chi connectivity index (χ0v) is 10.8. The third-order valence-electron chi connectivity index (χ3n) is 3.36. The number of pyridine rings is 1. The van der Waals surface area contributed by atoms with Gasteiger partial charge >= 0.3 is 5.97 Å². The number of nitrogens with zero attached hydrogens (tertiary/aromatic N) is 3. The van der Waals surface area contributed by atoms with Crippen LogP contribution in [0.25, 0.3) is 0 Å². The van der Waals surface area contributed by atoms with E-state index < -0.39 is 5.97 Å². The molecule has 0 bridgehead atoms. The van der Waals surface area contributed by atoms with E-state index in [2.05, 4.69) is 28.6 Å². The first-order chi connectivity index (χ1) is 8.58. The molecule has 2 heterocycles. The second-order valence-electron chi connectivity index (χ2n) is 4.82. The lowest BCUT2D eigenvalue weighted by Gasteiger charge is -2.37.